The van der Waals surface area contributed by atoms with Gasteiger partial charge in [-0.05, 0) is 30.5 Å². The zero-order valence-electron chi connectivity index (χ0n) is 13.6. The number of hydrogen-bond acceptors (Lipinski definition) is 4. The minimum absolute atomic E-state index is 0.211. The standard InChI is InChI=1S/C17H26N2O3/c1-12(2)18-11-13-4-5-15(16(10-13)22-3)19-8-6-14(7-9-19)17(20)21/h4-5,10,12,14,18H,6-9,11H2,1-3H3,(H,20,21). The van der Waals surface area contributed by atoms with Crippen molar-refractivity contribution in [3.63, 3.8) is 0 Å². The van der Waals surface area contributed by atoms with E-state index in [2.05, 4.69) is 42.3 Å². The van der Waals surface area contributed by atoms with E-state index in [4.69, 9.17) is 9.84 Å². The molecular weight excluding hydrogens is 280 g/mol. The van der Waals surface area contributed by atoms with Crippen molar-refractivity contribution >= 4 is 11.7 Å². The molecule has 5 heteroatoms. The highest BCUT2D eigenvalue weighted by Gasteiger charge is 2.25. The summed E-state index contributed by atoms with van der Waals surface area (Å²) in [6.45, 7) is 6.58. The summed E-state index contributed by atoms with van der Waals surface area (Å²) in [6, 6.07) is 6.70. The molecule has 0 radical (unpaired) electrons. The summed E-state index contributed by atoms with van der Waals surface area (Å²) in [5.74, 6) is -0.0321. The first kappa shape index (κ1) is 16.6. The molecule has 0 atom stereocenters. The summed E-state index contributed by atoms with van der Waals surface area (Å²) in [4.78, 5) is 13.3. The Hall–Kier alpha value is -1.75. The molecule has 1 aromatic carbocycles. The Balaban J connectivity index is 2.06. The maximum Gasteiger partial charge on any atom is 0.306 e. The molecule has 0 bridgehead atoms. The summed E-state index contributed by atoms with van der Waals surface area (Å²) < 4.78 is 5.53. The Morgan fingerprint density at radius 1 is 1.41 bits per heavy atom. The van der Waals surface area contributed by atoms with Crippen LogP contribution in [0.25, 0.3) is 0 Å². The molecule has 1 heterocycles. The van der Waals surface area contributed by atoms with Crippen LogP contribution in [0.15, 0.2) is 18.2 Å². The van der Waals surface area contributed by atoms with E-state index in [1.165, 1.54) is 5.56 Å². The van der Waals surface area contributed by atoms with E-state index in [-0.39, 0.29) is 5.92 Å². The largest absolute Gasteiger partial charge is 0.495 e. The third-order valence-electron chi connectivity index (χ3n) is 4.14. The minimum Gasteiger partial charge on any atom is -0.495 e. The predicted octanol–water partition coefficient (Wildman–Crippen LogP) is 2.49. The Morgan fingerprint density at radius 2 is 2.09 bits per heavy atom. The normalized spacial score (nSPS) is 16.1. The van der Waals surface area contributed by atoms with Crippen molar-refractivity contribution in [3.05, 3.63) is 23.8 Å². The van der Waals surface area contributed by atoms with Gasteiger partial charge in [-0.25, -0.2) is 0 Å². The van der Waals surface area contributed by atoms with Gasteiger partial charge in [-0.1, -0.05) is 19.9 Å². The number of methoxy groups -OCH3 is 1. The molecular formula is C17H26N2O3. The molecule has 1 saturated heterocycles. The fraction of sp³-hybridized carbons (Fsp3) is 0.588. The second kappa shape index (κ2) is 7.49. The van der Waals surface area contributed by atoms with Gasteiger partial charge >= 0.3 is 5.97 Å². The topological polar surface area (TPSA) is 61.8 Å². The smallest absolute Gasteiger partial charge is 0.306 e. The van der Waals surface area contributed by atoms with Gasteiger partial charge in [0.25, 0.3) is 0 Å². The molecule has 1 aliphatic rings. The number of carboxylic acids is 1. The molecule has 0 unspecified atom stereocenters. The number of rotatable bonds is 6. The number of piperidine rings is 1. The summed E-state index contributed by atoms with van der Waals surface area (Å²) in [7, 11) is 1.68. The van der Waals surface area contributed by atoms with Gasteiger partial charge in [0, 0.05) is 25.7 Å². The number of ether oxygens (including phenoxy) is 1. The van der Waals surface area contributed by atoms with Gasteiger partial charge in [0.1, 0.15) is 5.75 Å². The van der Waals surface area contributed by atoms with Crippen molar-refractivity contribution in [3.8, 4) is 5.75 Å². The van der Waals surface area contributed by atoms with Crippen molar-refractivity contribution in [2.24, 2.45) is 5.92 Å². The number of anilines is 1. The van der Waals surface area contributed by atoms with Gasteiger partial charge in [-0.2, -0.15) is 0 Å². The maximum absolute atomic E-state index is 11.0. The van der Waals surface area contributed by atoms with E-state index in [1.807, 2.05) is 0 Å². The van der Waals surface area contributed by atoms with Crippen LogP contribution in [0.4, 0.5) is 5.69 Å². The molecule has 22 heavy (non-hydrogen) atoms. The van der Waals surface area contributed by atoms with Crippen LogP contribution < -0.4 is 15.0 Å². The van der Waals surface area contributed by atoms with Gasteiger partial charge in [0.05, 0.1) is 18.7 Å². The van der Waals surface area contributed by atoms with Crippen molar-refractivity contribution in [2.45, 2.75) is 39.3 Å². The van der Waals surface area contributed by atoms with E-state index in [0.717, 1.165) is 31.1 Å². The van der Waals surface area contributed by atoms with Gasteiger partial charge in [-0.3, -0.25) is 4.79 Å². The van der Waals surface area contributed by atoms with Crippen molar-refractivity contribution < 1.29 is 14.6 Å². The van der Waals surface area contributed by atoms with Crippen LogP contribution in [0.2, 0.25) is 0 Å². The van der Waals surface area contributed by atoms with Crippen LogP contribution in [0.5, 0.6) is 5.75 Å². The molecule has 0 aromatic heterocycles. The number of carboxylic acid groups (broad SMARTS) is 1. The molecule has 2 rings (SSSR count). The fourth-order valence-electron chi connectivity index (χ4n) is 2.78. The van der Waals surface area contributed by atoms with Crippen LogP contribution in [-0.2, 0) is 11.3 Å². The Bertz CT molecular complexity index is 509. The SMILES string of the molecule is COc1cc(CNC(C)C)ccc1N1CCC(C(=O)O)CC1. The molecule has 1 aliphatic heterocycles. The molecule has 0 saturated carbocycles. The number of nitrogens with one attached hydrogen (secondary N) is 1. The lowest BCUT2D eigenvalue weighted by molar-refractivity contribution is -0.142. The number of carbonyl (C=O) groups is 1. The second-order valence-corrected chi connectivity index (χ2v) is 6.14. The summed E-state index contributed by atoms with van der Waals surface area (Å²) in [6.07, 6.45) is 1.38. The first-order valence-corrected chi connectivity index (χ1v) is 7.89. The molecule has 1 aromatic rings. The van der Waals surface area contributed by atoms with Crippen LogP contribution in [0.1, 0.15) is 32.3 Å². The Kier molecular flexibility index (Phi) is 5.66. The molecule has 0 spiro atoms. The van der Waals surface area contributed by atoms with Gasteiger partial charge < -0.3 is 20.1 Å². The van der Waals surface area contributed by atoms with Gasteiger partial charge in [0.15, 0.2) is 0 Å². The number of benzene rings is 1. The molecule has 0 aliphatic carbocycles. The first-order valence-electron chi connectivity index (χ1n) is 7.89. The predicted molar refractivity (Wildman–Crippen MR) is 87.5 cm³/mol. The van der Waals surface area contributed by atoms with Crippen LogP contribution in [0.3, 0.4) is 0 Å². The third-order valence-corrected chi connectivity index (χ3v) is 4.14. The summed E-state index contributed by atoms with van der Waals surface area (Å²) in [5.41, 5.74) is 2.24. The summed E-state index contributed by atoms with van der Waals surface area (Å²) in [5, 5.41) is 12.5. The Labute approximate surface area is 132 Å². The van der Waals surface area contributed by atoms with Gasteiger partial charge in [0.2, 0.25) is 0 Å². The highest BCUT2D eigenvalue weighted by atomic mass is 16.5. The van der Waals surface area contributed by atoms with Crippen molar-refractivity contribution in [1.82, 2.24) is 5.32 Å². The molecule has 2 N–H and O–H groups in total. The van der Waals surface area contributed by atoms with Crippen molar-refractivity contribution in [1.29, 1.82) is 0 Å². The minimum atomic E-state index is -0.679. The van der Waals surface area contributed by atoms with Crippen LogP contribution in [-0.4, -0.2) is 37.3 Å². The molecule has 5 nitrogen and oxygen atoms in total. The highest BCUT2D eigenvalue weighted by molar-refractivity contribution is 5.70. The first-order chi connectivity index (χ1) is 10.5. The average molecular weight is 306 g/mol. The lowest BCUT2D eigenvalue weighted by Crippen LogP contribution is -2.36. The zero-order chi connectivity index (χ0) is 16.1. The lowest BCUT2D eigenvalue weighted by atomic mass is 9.96. The van der Waals surface area contributed by atoms with E-state index in [9.17, 15) is 4.79 Å². The van der Waals surface area contributed by atoms with Crippen molar-refractivity contribution in [2.75, 3.05) is 25.1 Å². The monoisotopic (exact) mass is 306 g/mol. The van der Waals surface area contributed by atoms with Crippen LogP contribution >= 0.6 is 0 Å². The fourth-order valence-corrected chi connectivity index (χ4v) is 2.78. The second-order valence-electron chi connectivity index (χ2n) is 6.14. The molecule has 122 valence electrons. The van der Waals surface area contributed by atoms with E-state index < -0.39 is 5.97 Å². The van der Waals surface area contributed by atoms with E-state index in [0.29, 0.717) is 18.9 Å². The molecule has 1 fully saturated rings. The number of nitrogens with zero attached hydrogens (tertiary/aromatic N) is 1. The zero-order valence-corrected chi connectivity index (χ0v) is 13.6. The lowest BCUT2D eigenvalue weighted by Gasteiger charge is -2.33. The van der Waals surface area contributed by atoms with E-state index >= 15 is 0 Å². The highest BCUT2D eigenvalue weighted by Crippen LogP contribution is 2.32. The maximum atomic E-state index is 11.0. The Morgan fingerprint density at radius 3 is 2.64 bits per heavy atom. The summed E-state index contributed by atoms with van der Waals surface area (Å²) >= 11 is 0. The average Bonchev–Trinajstić information content (AvgIpc) is 2.52. The molecule has 0 amide bonds. The van der Waals surface area contributed by atoms with E-state index in [1.54, 1.807) is 7.11 Å². The van der Waals surface area contributed by atoms with Gasteiger partial charge in [-0.15, -0.1) is 0 Å². The van der Waals surface area contributed by atoms with Crippen LogP contribution in [0, 0.1) is 5.92 Å². The number of aliphatic carboxylic acids is 1. The quantitative estimate of drug-likeness (QED) is 0.845. The number of hydrogen-bond donors (Lipinski definition) is 2. The third kappa shape index (κ3) is 4.13.